The minimum atomic E-state index is -0.341. The van der Waals surface area contributed by atoms with Crippen LogP contribution in [-0.4, -0.2) is 34.2 Å². The molecule has 0 saturated carbocycles. The summed E-state index contributed by atoms with van der Waals surface area (Å²) in [5.41, 5.74) is 5.00. The number of rotatable bonds is 7. The molecule has 7 heteroatoms. The first-order chi connectivity index (χ1) is 17.4. The quantitative estimate of drug-likeness (QED) is 0.336. The molecule has 1 aromatic heterocycles. The summed E-state index contributed by atoms with van der Waals surface area (Å²) in [7, 11) is 0. The number of carbonyl (C=O) groups is 3. The van der Waals surface area contributed by atoms with Crippen LogP contribution in [0.1, 0.15) is 50.5 Å². The Bertz CT molecular complexity index is 1440. The van der Waals surface area contributed by atoms with E-state index in [-0.39, 0.29) is 29.2 Å². The second-order valence-corrected chi connectivity index (χ2v) is 10.0. The van der Waals surface area contributed by atoms with Gasteiger partial charge in [-0.15, -0.1) is 11.3 Å². The van der Waals surface area contributed by atoms with Gasteiger partial charge in [0.1, 0.15) is 5.01 Å². The van der Waals surface area contributed by atoms with Gasteiger partial charge in [0.15, 0.2) is 0 Å². The van der Waals surface area contributed by atoms with Crippen molar-refractivity contribution in [3.63, 3.8) is 0 Å². The molecule has 0 radical (unpaired) electrons. The van der Waals surface area contributed by atoms with Gasteiger partial charge in [-0.2, -0.15) is 0 Å². The maximum Gasteiger partial charge on any atom is 0.261 e. The van der Waals surface area contributed by atoms with Crippen LogP contribution in [0.15, 0.2) is 78.2 Å². The van der Waals surface area contributed by atoms with Crippen LogP contribution in [0.2, 0.25) is 0 Å². The third kappa shape index (κ3) is 4.70. The minimum Gasteiger partial charge on any atom is -0.348 e. The van der Waals surface area contributed by atoms with Crippen molar-refractivity contribution in [2.24, 2.45) is 5.92 Å². The molecule has 36 heavy (non-hydrogen) atoms. The van der Waals surface area contributed by atoms with Gasteiger partial charge >= 0.3 is 0 Å². The second kappa shape index (κ2) is 9.87. The molecule has 5 rings (SSSR count). The van der Waals surface area contributed by atoms with Gasteiger partial charge in [-0.25, -0.2) is 4.98 Å². The maximum absolute atomic E-state index is 12.8. The van der Waals surface area contributed by atoms with E-state index in [2.05, 4.69) is 10.7 Å². The lowest BCUT2D eigenvalue weighted by Gasteiger charge is -2.15. The Hall–Kier alpha value is -4.10. The summed E-state index contributed by atoms with van der Waals surface area (Å²) in [4.78, 5) is 44.0. The number of carbonyl (C=O) groups excluding carboxylic acids is 3. The Morgan fingerprint density at radius 2 is 1.64 bits per heavy atom. The predicted octanol–water partition coefficient (Wildman–Crippen LogP) is 5.66. The Morgan fingerprint density at radius 3 is 2.36 bits per heavy atom. The molecule has 0 saturated heterocycles. The van der Waals surface area contributed by atoms with Gasteiger partial charge in [-0.3, -0.25) is 19.3 Å². The van der Waals surface area contributed by atoms with Crippen molar-refractivity contribution in [1.82, 2.24) is 15.2 Å². The number of hydrogen-bond donors (Lipinski definition) is 1. The van der Waals surface area contributed by atoms with E-state index >= 15 is 0 Å². The van der Waals surface area contributed by atoms with Gasteiger partial charge in [0.2, 0.25) is 0 Å². The molecule has 6 nitrogen and oxygen atoms in total. The first-order valence-electron chi connectivity index (χ1n) is 11.8. The summed E-state index contributed by atoms with van der Waals surface area (Å²) >= 11 is 1.60. The third-order valence-electron chi connectivity index (χ3n) is 6.01. The number of fused-ring (bicyclic) bond motifs is 1. The molecule has 1 N–H and O–H groups in total. The number of imide groups is 1. The maximum atomic E-state index is 12.8. The SMILES string of the molecule is CC(C)CN1C(=O)c2ccc(C(=O)NCc3ccc(-c4nc(-c5ccccc5)cs4)cc3)cc2C1=O. The van der Waals surface area contributed by atoms with Gasteiger partial charge in [-0.05, 0) is 29.7 Å². The van der Waals surface area contributed by atoms with E-state index in [1.807, 2.05) is 68.4 Å². The molecule has 2 heterocycles. The summed E-state index contributed by atoms with van der Waals surface area (Å²) in [5, 5.41) is 5.89. The van der Waals surface area contributed by atoms with Crippen molar-refractivity contribution < 1.29 is 14.4 Å². The monoisotopic (exact) mass is 495 g/mol. The van der Waals surface area contributed by atoms with E-state index in [1.165, 1.54) is 11.0 Å². The van der Waals surface area contributed by atoms with Gasteiger partial charge in [-0.1, -0.05) is 68.4 Å². The van der Waals surface area contributed by atoms with Crippen LogP contribution in [-0.2, 0) is 6.54 Å². The molecule has 0 fully saturated rings. The number of aromatic nitrogens is 1. The summed E-state index contributed by atoms with van der Waals surface area (Å²) in [6, 6.07) is 22.7. The van der Waals surface area contributed by atoms with Crippen LogP contribution >= 0.6 is 11.3 Å². The Balaban J connectivity index is 1.23. The van der Waals surface area contributed by atoms with Crippen molar-refractivity contribution in [3.05, 3.63) is 100 Å². The third-order valence-corrected chi connectivity index (χ3v) is 6.90. The Labute approximate surface area is 213 Å². The van der Waals surface area contributed by atoms with Crippen LogP contribution in [0.3, 0.4) is 0 Å². The van der Waals surface area contributed by atoms with Crippen LogP contribution < -0.4 is 5.32 Å². The lowest BCUT2D eigenvalue weighted by atomic mass is 10.1. The first-order valence-corrected chi connectivity index (χ1v) is 12.7. The molecule has 0 unspecified atom stereocenters. The highest BCUT2D eigenvalue weighted by Gasteiger charge is 2.36. The number of hydrogen-bond acceptors (Lipinski definition) is 5. The van der Waals surface area contributed by atoms with Crippen molar-refractivity contribution in [2.45, 2.75) is 20.4 Å². The number of benzene rings is 3. The molecule has 3 aromatic carbocycles. The van der Waals surface area contributed by atoms with Gasteiger partial charge in [0.05, 0.1) is 16.8 Å². The fourth-order valence-corrected chi connectivity index (χ4v) is 5.00. The second-order valence-electron chi connectivity index (χ2n) is 9.16. The molecule has 180 valence electrons. The zero-order chi connectivity index (χ0) is 25.2. The minimum absolute atomic E-state index is 0.169. The van der Waals surface area contributed by atoms with E-state index < -0.39 is 0 Å². The molecule has 4 aromatic rings. The average molecular weight is 496 g/mol. The van der Waals surface area contributed by atoms with E-state index in [9.17, 15) is 14.4 Å². The van der Waals surface area contributed by atoms with E-state index in [1.54, 1.807) is 23.5 Å². The van der Waals surface area contributed by atoms with Crippen molar-refractivity contribution in [1.29, 1.82) is 0 Å². The van der Waals surface area contributed by atoms with E-state index in [4.69, 9.17) is 4.98 Å². The molecule has 0 spiro atoms. The normalized spacial score (nSPS) is 12.8. The van der Waals surface area contributed by atoms with Crippen LogP contribution in [0, 0.1) is 5.92 Å². The molecule has 1 aliphatic rings. The molecule has 0 bridgehead atoms. The molecular weight excluding hydrogens is 470 g/mol. The van der Waals surface area contributed by atoms with Crippen molar-refractivity contribution >= 4 is 29.1 Å². The molecule has 3 amide bonds. The zero-order valence-electron chi connectivity index (χ0n) is 20.0. The topological polar surface area (TPSA) is 79.4 Å². The molecule has 0 aliphatic carbocycles. The highest BCUT2D eigenvalue weighted by molar-refractivity contribution is 7.13. The van der Waals surface area contributed by atoms with Gasteiger partial charge < -0.3 is 5.32 Å². The fourth-order valence-electron chi connectivity index (χ4n) is 4.16. The molecule has 1 aliphatic heterocycles. The number of nitrogens with zero attached hydrogens (tertiary/aromatic N) is 2. The molecular formula is C29H25N3O3S. The number of thiazole rings is 1. The van der Waals surface area contributed by atoms with E-state index in [0.717, 1.165) is 27.4 Å². The lowest BCUT2D eigenvalue weighted by molar-refractivity contribution is 0.0636. The average Bonchev–Trinajstić information content (AvgIpc) is 3.48. The summed E-state index contributed by atoms with van der Waals surface area (Å²) in [5.74, 6) is -0.766. The van der Waals surface area contributed by atoms with E-state index in [0.29, 0.717) is 24.2 Å². The van der Waals surface area contributed by atoms with Crippen molar-refractivity contribution in [3.8, 4) is 21.8 Å². The predicted molar refractivity (Wildman–Crippen MR) is 141 cm³/mol. The summed E-state index contributed by atoms with van der Waals surface area (Å²) < 4.78 is 0. The highest BCUT2D eigenvalue weighted by atomic mass is 32.1. The largest absolute Gasteiger partial charge is 0.348 e. The summed E-state index contributed by atoms with van der Waals surface area (Å²) in [6.07, 6.45) is 0. The first kappa shape index (κ1) is 23.6. The van der Waals surface area contributed by atoms with Crippen molar-refractivity contribution in [2.75, 3.05) is 6.54 Å². The molecule has 0 atom stereocenters. The highest BCUT2D eigenvalue weighted by Crippen LogP contribution is 2.29. The number of amides is 3. The standard InChI is InChI=1S/C29H25N3O3S/c1-18(2)16-32-28(34)23-13-12-22(14-24(23)29(32)35)26(33)30-15-19-8-10-21(11-9-19)27-31-25(17-36-27)20-6-4-3-5-7-20/h3-14,17-18H,15-16H2,1-2H3,(H,30,33). The van der Waals surface area contributed by atoms with Crippen LogP contribution in [0.25, 0.3) is 21.8 Å². The smallest absolute Gasteiger partial charge is 0.261 e. The number of nitrogens with one attached hydrogen (secondary N) is 1. The zero-order valence-corrected chi connectivity index (χ0v) is 20.8. The van der Waals surface area contributed by atoms with Crippen LogP contribution in [0.4, 0.5) is 0 Å². The Morgan fingerprint density at radius 1 is 0.917 bits per heavy atom. The van der Waals surface area contributed by atoms with Gasteiger partial charge in [0, 0.05) is 35.2 Å². The summed E-state index contributed by atoms with van der Waals surface area (Å²) in [6.45, 7) is 4.61. The fraction of sp³-hybridized carbons (Fsp3) is 0.172. The van der Waals surface area contributed by atoms with Gasteiger partial charge in [0.25, 0.3) is 17.7 Å². The van der Waals surface area contributed by atoms with Crippen LogP contribution in [0.5, 0.6) is 0 Å². The lowest BCUT2D eigenvalue weighted by Crippen LogP contribution is -2.33. The Kier molecular flexibility index (Phi) is 6.48.